The Hall–Kier alpha value is -1.11. The van der Waals surface area contributed by atoms with Crippen LogP contribution in [0.2, 0.25) is 0 Å². The Bertz CT molecular complexity index is 479. The third-order valence-corrected chi connectivity index (χ3v) is 4.18. The lowest BCUT2D eigenvalue weighted by molar-refractivity contribution is 0.725. The number of rotatable bonds is 1. The zero-order chi connectivity index (χ0) is 12.1. The average molecular weight is 215 g/mol. The summed E-state index contributed by atoms with van der Waals surface area (Å²) in [6.45, 7) is 13.4. The zero-order valence-electron chi connectivity index (χ0n) is 11.2. The number of benzene rings is 1. The highest BCUT2D eigenvalue weighted by Crippen LogP contribution is 2.43. The summed E-state index contributed by atoms with van der Waals surface area (Å²) >= 11 is 0. The second-order valence-corrected chi connectivity index (χ2v) is 5.36. The van der Waals surface area contributed by atoms with Gasteiger partial charge in [0.15, 0.2) is 0 Å². The van der Waals surface area contributed by atoms with Gasteiger partial charge in [-0.1, -0.05) is 20.8 Å². The molecule has 0 spiro atoms. The van der Waals surface area contributed by atoms with Gasteiger partial charge in [0.2, 0.25) is 0 Å². The highest BCUT2D eigenvalue weighted by atomic mass is 14.8. The second kappa shape index (κ2) is 3.44. The molecule has 1 aromatic carbocycles. The van der Waals surface area contributed by atoms with E-state index in [1.54, 1.807) is 0 Å². The first-order valence-electron chi connectivity index (χ1n) is 6.09. The Morgan fingerprint density at radius 3 is 2.31 bits per heavy atom. The molecule has 0 atom stereocenters. The van der Waals surface area contributed by atoms with E-state index >= 15 is 0 Å². The Morgan fingerprint density at radius 1 is 1.12 bits per heavy atom. The molecule has 86 valence electrons. The van der Waals surface area contributed by atoms with Gasteiger partial charge in [-0.3, -0.25) is 4.99 Å². The quantitative estimate of drug-likeness (QED) is 0.664. The third kappa shape index (κ3) is 1.34. The van der Waals surface area contributed by atoms with E-state index in [4.69, 9.17) is 4.99 Å². The standard InChI is InChI=1S/C15H21N/c1-7-12-8-13-14(10(3)9(12)2)15(5,6)11(4)16-13/h8H,7H2,1-6H3. The molecule has 0 radical (unpaired) electrons. The van der Waals surface area contributed by atoms with E-state index in [2.05, 4.69) is 47.6 Å². The highest BCUT2D eigenvalue weighted by Gasteiger charge is 2.34. The predicted molar refractivity (Wildman–Crippen MR) is 71.1 cm³/mol. The molecule has 2 rings (SSSR count). The molecular formula is C15H21N. The van der Waals surface area contributed by atoms with Crippen LogP contribution in [-0.2, 0) is 11.8 Å². The van der Waals surface area contributed by atoms with E-state index in [9.17, 15) is 0 Å². The van der Waals surface area contributed by atoms with Gasteiger partial charge in [-0.25, -0.2) is 0 Å². The van der Waals surface area contributed by atoms with Crippen molar-refractivity contribution in [3.63, 3.8) is 0 Å². The van der Waals surface area contributed by atoms with Crippen LogP contribution in [0, 0.1) is 13.8 Å². The van der Waals surface area contributed by atoms with Gasteiger partial charge >= 0.3 is 0 Å². The number of hydrogen-bond acceptors (Lipinski definition) is 1. The van der Waals surface area contributed by atoms with Gasteiger partial charge in [-0.05, 0) is 55.5 Å². The van der Waals surface area contributed by atoms with Crippen LogP contribution in [0.25, 0.3) is 0 Å². The van der Waals surface area contributed by atoms with Crippen molar-refractivity contribution in [3.05, 3.63) is 28.3 Å². The fourth-order valence-corrected chi connectivity index (χ4v) is 2.71. The number of fused-ring (bicyclic) bond motifs is 1. The molecule has 16 heavy (non-hydrogen) atoms. The van der Waals surface area contributed by atoms with Crippen LogP contribution in [0.15, 0.2) is 11.1 Å². The van der Waals surface area contributed by atoms with Crippen molar-refractivity contribution in [1.29, 1.82) is 0 Å². The molecule has 0 aromatic heterocycles. The highest BCUT2D eigenvalue weighted by molar-refractivity contribution is 6.00. The molecule has 1 heteroatoms. The van der Waals surface area contributed by atoms with E-state index in [-0.39, 0.29) is 5.41 Å². The van der Waals surface area contributed by atoms with E-state index < -0.39 is 0 Å². The predicted octanol–water partition coefficient (Wildman–Crippen LogP) is 4.25. The van der Waals surface area contributed by atoms with Crippen LogP contribution >= 0.6 is 0 Å². The van der Waals surface area contributed by atoms with Gasteiger partial charge < -0.3 is 0 Å². The first-order valence-corrected chi connectivity index (χ1v) is 6.09. The van der Waals surface area contributed by atoms with Gasteiger partial charge in [-0.2, -0.15) is 0 Å². The smallest absolute Gasteiger partial charge is 0.0676 e. The largest absolute Gasteiger partial charge is 0.257 e. The molecule has 0 fully saturated rings. The molecule has 0 saturated heterocycles. The molecule has 1 aliphatic heterocycles. The van der Waals surface area contributed by atoms with E-state index in [0.29, 0.717) is 0 Å². The summed E-state index contributed by atoms with van der Waals surface area (Å²) < 4.78 is 0. The lowest BCUT2D eigenvalue weighted by Gasteiger charge is -2.24. The van der Waals surface area contributed by atoms with Gasteiger partial charge in [0, 0.05) is 11.1 Å². The molecule has 1 aromatic rings. The number of hydrogen-bond donors (Lipinski definition) is 0. The third-order valence-electron chi connectivity index (χ3n) is 4.18. The summed E-state index contributed by atoms with van der Waals surface area (Å²) in [5.74, 6) is 0. The molecule has 0 aliphatic carbocycles. The summed E-state index contributed by atoms with van der Waals surface area (Å²) in [6, 6.07) is 2.27. The van der Waals surface area contributed by atoms with Crippen LogP contribution in [0.4, 0.5) is 5.69 Å². The minimum Gasteiger partial charge on any atom is -0.257 e. The van der Waals surface area contributed by atoms with Gasteiger partial charge in [0.25, 0.3) is 0 Å². The first kappa shape index (κ1) is 11.4. The molecule has 1 aliphatic rings. The van der Waals surface area contributed by atoms with Crippen molar-refractivity contribution < 1.29 is 0 Å². The lowest BCUT2D eigenvalue weighted by Crippen LogP contribution is -2.24. The van der Waals surface area contributed by atoms with E-state index in [1.807, 2.05) is 0 Å². The Kier molecular flexibility index (Phi) is 2.45. The van der Waals surface area contributed by atoms with Crippen molar-refractivity contribution in [2.24, 2.45) is 4.99 Å². The summed E-state index contributed by atoms with van der Waals surface area (Å²) in [7, 11) is 0. The first-order chi connectivity index (χ1) is 7.39. The fraction of sp³-hybridized carbons (Fsp3) is 0.533. The van der Waals surface area contributed by atoms with Crippen LogP contribution in [0.5, 0.6) is 0 Å². The molecule has 1 nitrogen and oxygen atoms in total. The Morgan fingerprint density at radius 2 is 1.75 bits per heavy atom. The van der Waals surface area contributed by atoms with E-state index in [0.717, 1.165) is 6.42 Å². The van der Waals surface area contributed by atoms with Gasteiger partial charge in [0.1, 0.15) is 0 Å². The SMILES string of the molecule is CCc1cc2c(c(C)c1C)C(C)(C)C(C)=N2. The molecule has 0 amide bonds. The normalized spacial score (nSPS) is 17.2. The molecular weight excluding hydrogens is 194 g/mol. The molecule has 0 bridgehead atoms. The van der Waals surface area contributed by atoms with Crippen LogP contribution < -0.4 is 0 Å². The molecule has 0 saturated carbocycles. The topological polar surface area (TPSA) is 12.4 Å². The van der Waals surface area contributed by atoms with Crippen molar-refractivity contribution >= 4 is 11.4 Å². The maximum absolute atomic E-state index is 4.73. The zero-order valence-corrected chi connectivity index (χ0v) is 11.2. The molecule has 1 heterocycles. The van der Waals surface area contributed by atoms with Crippen molar-refractivity contribution in [2.45, 2.75) is 53.4 Å². The number of aryl methyl sites for hydroxylation is 1. The minimum absolute atomic E-state index is 0.108. The molecule has 0 N–H and O–H groups in total. The van der Waals surface area contributed by atoms with Crippen LogP contribution in [0.1, 0.15) is 49.9 Å². The lowest BCUT2D eigenvalue weighted by atomic mass is 9.78. The Balaban J connectivity index is 2.75. The average Bonchev–Trinajstić information content (AvgIpc) is 2.44. The number of nitrogens with zero attached hydrogens (tertiary/aromatic N) is 1. The van der Waals surface area contributed by atoms with Gasteiger partial charge in [0.05, 0.1) is 5.69 Å². The maximum atomic E-state index is 4.73. The summed E-state index contributed by atoms with van der Waals surface area (Å²) in [5, 5.41) is 0. The summed E-state index contributed by atoms with van der Waals surface area (Å²) in [4.78, 5) is 4.73. The van der Waals surface area contributed by atoms with Crippen LogP contribution in [-0.4, -0.2) is 5.71 Å². The summed E-state index contributed by atoms with van der Waals surface area (Å²) in [6.07, 6.45) is 1.09. The van der Waals surface area contributed by atoms with Crippen molar-refractivity contribution in [3.8, 4) is 0 Å². The van der Waals surface area contributed by atoms with Crippen LogP contribution in [0.3, 0.4) is 0 Å². The Labute approximate surface area is 98.6 Å². The van der Waals surface area contributed by atoms with Gasteiger partial charge in [-0.15, -0.1) is 0 Å². The summed E-state index contributed by atoms with van der Waals surface area (Å²) in [5.41, 5.74) is 8.28. The minimum atomic E-state index is 0.108. The van der Waals surface area contributed by atoms with E-state index in [1.165, 1.54) is 33.7 Å². The molecule has 0 unspecified atom stereocenters. The maximum Gasteiger partial charge on any atom is 0.0676 e. The fourth-order valence-electron chi connectivity index (χ4n) is 2.71. The monoisotopic (exact) mass is 215 g/mol. The van der Waals surface area contributed by atoms with Crippen molar-refractivity contribution in [1.82, 2.24) is 0 Å². The number of aliphatic imine (C=N–C) groups is 1. The second-order valence-electron chi connectivity index (χ2n) is 5.36. The van der Waals surface area contributed by atoms with Crippen molar-refractivity contribution in [2.75, 3.05) is 0 Å².